The lowest BCUT2D eigenvalue weighted by atomic mass is 9.89. The molecule has 1 heterocycles. The van der Waals surface area contributed by atoms with E-state index in [1.807, 2.05) is 80.6 Å². The predicted octanol–water partition coefficient (Wildman–Crippen LogP) is 17.0. The molecule has 0 amide bonds. The van der Waals surface area contributed by atoms with E-state index in [1.165, 1.54) is 38.5 Å². The fourth-order valence-corrected chi connectivity index (χ4v) is 8.28. The molecule has 3 nitrogen and oxygen atoms in total. The maximum atomic E-state index is 9.12. The van der Waals surface area contributed by atoms with Crippen molar-refractivity contribution in [2.75, 3.05) is 5.32 Å². The molecule has 1 aliphatic carbocycles. The molecule has 1 aromatic heterocycles. The van der Waals surface area contributed by atoms with E-state index in [9.17, 15) is 0 Å². The number of nitrogens with zero attached hydrogens (tertiary/aromatic N) is 1. The standard InChI is InChI=1S/C58H45N3.C4H8/c1-4-18-44-31-33-54(60-50-25-13-8-14-26-50)57(58(44)59)40(3)29-30-41(5-2)45-23-17-24-46(35-45)47-32-34-56-53(39-47)52-27-15-16-28-55(52)61(56)51-37-48(42-19-9-6-10-20-42)36-49(38-51)43-21-11-7-12-22-43;1-3-4-2/h4-39,59-60H,1,3H2,2H3;3-4H,1-2H3/b30-29-,41-5+,44-18-,59-58?;4-3-. The molecule has 0 atom stereocenters. The van der Waals surface area contributed by atoms with E-state index in [-0.39, 0.29) is 0 Å². The Kier molecular flexibility index (Phi) is 13.5. The number of rotatable bonds is 11. The van der Waals surface area contributed by atoms with Crippen molar-refractivity contribution in [1.82, 2.24) is 4.57 Å². The van der Waals surface area contributed by atoms with Crippen LogP contribution in [-0.2, 0) is 0 Å². The van der Waals surface area contributed by atoms with Gasteiger partial charge >= 0.3 is 0 Å². The lowest BCUT2D eigenvalue weighted by Crippen LogP contribution is -2.15. The SMILES string of the molecule is C/C=C\C.C=C/C=C1/C=CC(Nc2ccccc2)=C(C(=C)/C=C\C(=C/C)c2cccc(-c3ccc4c(c3)c3ccccc3n4-c3cc(-c4ccccc4)cc(-c4ccccc4)c3)c2)C1=N. The summed E-state index contributed by atoms with van der Waals surface area (Å²) in [5, 5.41) is 15.0. The van der Waals surface area contributed by atoms with E-state index in [4.69, 9.17) is 5.41 Å². The van der Waals surface area contributed by atoms with E-state index >= 15 is 0 Å². The summed E-state index contributed by atoms with van der Waals surface area (Å²) in [6, 6.07) is 62.5. The van der Waals surface area contributed by atoms with Gasteiger partial charge in [0.25, 0.3) is 0 Å². The molecule has 0 aliphatic heterocycles. The van der Waals surface area contributed by atoms with Crippen molar-refractivity contribution < 1.29 is 0 Å². The second kappa shape index (κ2) is 20.3. The Labute approximate surface area is 384 Å². The second-order valence-corrected chi connectivity index (χ2v) is 15.8. The van der Waals surface area contributed by atoms with Gasteiger partial charge in [-0.15, -0.1) is 0 Å². The summed E-state index contributed by atoms with van der Waals surface area (Å²) in [5.74, 6) is 0. The van der Waals surface area contributed by atoms with Gasteiger partial charge in [0.1, 0.15) is 0 Å². The van der Waals surface area contributed by atoms with E-state index in [1.54, 1.807) is 6.08 Å². The molecule has 3 heteroatoms. The smallest absolute Gasteiger partial charge is 0.0711 e. The minimum atomic E-state index is 0.400. The van der Waals surface area contributed by atoms with Crippen molar-refractivity contribution in [1.29, 1.82) is 5.41 Å². The number of benzene rings is 7. The van der Waals surface area contributed by atoms with Crippen LogP contribution in [0.1, 0.15) is 26.3 Å². The van der Waals surface area contributed by atoms with E-state index in [0.717, 1.165) is 61.6 Å². The number of para-hydroxylation sites is 2. The van der Waals surface area contributed by atoms with Gasteiger partial charge in [0.05, 0.1) is 16.7 Å². The van der Waals surface area contributed by atoms with Crippen molar-refractivity contribution in [2.45, 2.75) is 20.8 Å². The van der Waals surface area contributed by atoms with Gasteiger partial charge in [-0.05, 0) is 132 Å². The summed E-state index contributed by atoms with van der Waals surface area (Å²) in [5.41, 5.74) is 17.1. The van der Waals surface area contributed by atoms with Crippen LogP contribution in [0.2, 0.25) is 0 Å². The average Bonchev–Trinajstić information content (AvgIpc) is 3.69. The zero-order valence-corrected chi connectivity index (χ0v) is 37.3. The highest BCUT2D eigenvalue weighted by Crippen LogP contribution is 2.38. The normalized spacial score (nSPS) is 13.5. The molecule has 8 aromatic rings. The Balaban J connectivity index is 0.00000138. The first-order valence-corrected chi connectivity index (χ1v) is 22.1. The van der Waals surface area contributed by atoms with Gasteiger partial charge in [0, 0.05) is 39.0 Å². The molecule has 0 saturated carbocycles. The van der Waals surface area contributed by atoms with Gasteiger partial charge in [-0.25, -0.2) is 0 Å². The summed E-state index contributed by atoms with van der Waals surface area (Å²) in [4.78, 5) is 0. The fourth-order valence-electron chi connectivity index (χ4n) is 8.28. The first-order chi connectivity index (χ1) is 31.9. The molecule has 0 spiro atoms. The number of fused-ring (bicyclic) bond motifs is 3. The van der Waals surface area contributed by atoms with Crippen LogP contribution in [0, 0.1) is 5.41 Å². The molecule has 9 rings (SSSR count). The Morgan fingerprint density at radius 1 is 0.554 bits per heavy atom. The Bertz CT molecular complexity index is 3160. The zero-order valence-electron chi connectivity index (χ0n) is 37.3. The molecule has 316 valence electrons. The number of allylic oxidation sites excluding steroid dienone is 13. The van der Waals surface area contributed by atoms with E-state index in [0.29, 0.717) is 5.71 Å². The number of anilines is 1. The maximum Gasteiger partial charge on any atom is 0.0711 e. The van der Waals surface area contributed by atoms with Gasteiger partial charge in [0.15, 0.2) is 0 Å². The molecule has 2 N–H and O–H groups in total. The first-order valence-electron chi connectivity index (χ1n) is 22.1. The van der Waals surface area contributed by atoms with Crippen LogP contribution < -0.4 is 5.32 Å². The maximum absolute atomic E-state index is 9.12. The first kappa shape index (κ1) is 43.4. The van der Waals surface area contributed by atoms with Gasteiger partial charge in [-0.2, -0.15) is 0 Å². The molecule has 1 aliphatic rings. The summed E-state index contributed by atoms with van der Waals surface area (Å²) in [6.07, 6.45) is 17.8. The molecular formula is C62H53N3. The summed E-state index contributed by atoms with van der Waals surface area (Å²) < 4.78 is 2.41. The van der Waals surface area contributed by atoms with Crippen LogP contribution in [0.3, 0.4) is 0 Å². The monoisotopic (exact) mass is 839 g/mol. The molecule has 0 saturated heterocycles. The van der Waals surface area contributed by atoms with Crippen molar-refractivity contribution >= 4 is 38.8 Å². The van der Waals surface area contributed by atoms with Crippen molar-refractivity contribution in [3.8, 4) is 39.1 Å². The van der Waals surface area contributed by atoms with Crippen LogP contribution in [0.4, 0.5) is 5.69 Å². The van der Waals surface area contributed by atoms with Crippen LogP contribution >= 0.6 is 0 Å². The average molecular weight is 840 g/mol. The lowest BCUT2D eigenvalue weighted by Gasteiger charge is -2.21. The largest absolute Gasteiger partial charge is 0.355 e. The number of nitrogens with one attached hydrogen (secondary N) is 2. The molecule has 65 heavy (non-hydrogen) atoms. The predicted molar refractivity (Wildman–Crippen MR) is 282 cm³/mol. The number of hydrogen-bond acceptors (Lipinski definition) is 2. The second-order valence-electron chi connectivity index (χ2n) is 15.8. The van der Waals surface area contributed by atoms with Crippen LogP contribution in [0.15, 0.2) is 266 Å². The number of hydrogen-bond donors (Lipinski definition) is 2. The van der Waals surface area contributed by atoms with E-state index < -0.39 is 0 Å². The third-order valence-electron chi connectivity index (χ3n) is 11.6. The Morgan fingerprint density at radius 3 is 1.80 bits per heavy atom. The highest BCUT2D eigenvalue weighted by atomic mass is 15.0. The van der Waals surface area contributed by atoms with Crippen LogP contribution in [0.25, 0.3) is 66.4 Å². The highest BCUT2D eigenvalue weighted by molar-refractivity contribution is 6.17. The molecule has 0 unspecified atom stereocenters. The summed E-state index contributed by atoms with van der Waals surface area (Å²) in [6.45, 7) is 14.4. The highest BCUT2D eigenvalue weighted by Gasteiger charge is 2.20. The van der Waals surface area contributed by atoms with Crippen molar-refractivity contribution in [2.24, 2.45) is 0 Å². The third-order valence-corrected chi connectivity index (χ3v) is 11.6. The molecule has 0 fully saturated rings. The van der Waals surface area contributed by atoms with E-state index in [2.05, 4.69) is 188 Å². The Hall–Kier alpha value is -8.27. The van der Waals surface area contributed by atoms with Crippen molar-refractivity contribution in [3.05, 3.63) is 272 Å². The fraction of sp³-hybridized carbons (Fsp3) is 0.0484. The lowest BCUT2D eigenvalue weighted by molar-refractivity contribution is 1.18. The zero-order chi connectivity index (χ0) is 45.1. The summed E-state index contributed by atoms with van der Waals surface area (Å²) >= 11 is 0. The van der Waals surface area contributed by atoms with Gasteiger partial charge in [0.2, 0.25) is 0 Å². The summed E-state index contributed by atoms with van der Waals surface area (Å²) in [7, 11) is 0. The van der Waals surface area contributed by atoms with Gasteiger partial charge in [-0.1, -0.05) is 183 Å². The minimum Gasteiger partial charge on any atom is -0.355 e. The topological polar surface area (TPSA) is 40.8 Å². The number of aromatic nitrogens is 1. The quantitative estimate of drug-likeness (QED) is 0.0989. The van der Waals surface area contributed by atoms with Gasteiger partial charge in [-0.3, -0.25) is 5.41 Å². The van der Waals surface area contributed by atoms with Gasteiger partial charge < -0.3 is 9.88 Å². The molecule has 7 aromatic carbocycles. The van der Waals surface area contributed by atoms with Crippen LogP contribution in [-0.4, -0.2) is 10.3 Å². The van der Waals surface area contributed by atoms with Crippen LogP contribution in [0.5, 0.6) is 0 Å². The minimum absolute atomic E-state index is 0.400. The van der Waals surface area contributed by atoms with Crippen molar-refractivity contribution in [3.63, 3.8) is 0 Å². The molecular weight excluding hydrogens is 787 g/mol. The molecule has 0 bridgehead atoms. The third kappa shape index (κ3) is 9.56. The Morgan fingerprint density at radius 2 is 1.15 bits per heavy atom. The molecule has 0 radical (unpaired) electrons.